The van der Waals surface area contributed by atoms with Crippen molar-refractivity contribution >= 4 is 51.2 Å². The maximum absolute atomic E-state index is 12.3. The van der Waals surface area contributed by atoms with Crippen molar-refractivity contribution in [2.75, 3.05) is 7.11 Å². The summed E-state index contributed by atoms with van der Waals surface area (Å²) in [5.41, 5.74) is 1.32. The molecule has 0 fully saturated rings. The van der Waals surface area contributed by atoms with Crippen LogP contribution < -0.4 is 10.1 Å². The van der Waals surface area contributed by atoms with E-state index in [0.717, 1.165) is 22.1 Å². The first-order valence-electron chi connectivity index (χ1n) is 6.88. The van der Waals surface area contributed by atoms with Crippen LogP contribution in [0.2, 0.25) is 8.67 Å². The molecule has 0 radical (unpaired) electrons. The molecule has 0 bridgehead atoms. The maximum Gasteiger partial charge on any atom is 0.253 e. The van der Waals surface area contributed by atoms with Crippen molar-refractivity contribution in [2.24, 2.45) is 0 Å². The van der Waals surface area contributed by atoms with Gasteiger partial charge in [0, 0.05) is 12.1 Å². The normalized spacial score (nSPS) is 10.7. The molecule has 0 saturated carbocycles. The molecule has 0 aliphatic rings. The molecule has 3 rings (SSSR count). The molecule has 3 nitrogen and oxygen atoms in total. The number of benzene rings is 2. The highest BCUT2D eigenvalue weighted by Gasteiger charge is 2.15. The lowest BCUT2D eigenvalue weighted by atomic mass is 10.0. The van der Waals surface area contributed by atoms with E-state index in [0.29, 0.717) is 20.8 Å². The van der Waals surface area contributed by atoms with Gasteiger partial charge in [-0.05, 0) is 22.9 Å². The van der Waals surface area contributed by atoms with Crippen LogP contribution in [0.15, 0.2) is 42.5 Å². The third-order valence-corrected chi connectivity index (χ3v) is 5.03. The lowest BCUT2D eigenvalue weighted by molar-refractivity contribution is 0.0951. The Morgan fingerprint density at radius 1 is 1.22 bits per heavy atom. The van der Waals surface area contributed by atoms with E-state index in [1.54, 1.807) is 13.2 Å². The number of halogens is 2. The van der Waals surface area contributed by atoms with Crippen LogP contribution in [-0.4, -0.2) is 13.0 Å². The zero-order chi connectivity index (χ0) is 16.4. The van der Waals surface area contributed by atoms with Gasteiger partial charge >= 0.3 is 0 Å². The number of methoxy groups -OCH3 is 1. The third kappa shape index (κ3) is 3.29. The van der Waals surface area contributed by atoms with Gasteiger partial charge in [0.2, 0.25) is 0 Å². The van der Waals surface area contributed by atoms with Gasteiger partial charge in [-0.3, -0.25) is 4.79 Å². The summed E-state index contributed by atoms with van der Waals surface area (Å²) in [6.45, 7) is 0.340. The molecular formula is C17H13Cl2NO2S. The van der Waals surface area contributed by atoms with Crippen molar-refractivity contribution in [3.05, 3.63) is 62.3 Å². The van der Waals surface area contributed by atoms with Crippen molar-refractivity contribution in [3.8, 4) is 5.75 Å². The Kier molecular flexibility index (Phi) is 4.76. The monoisotopic (exact) mass is 365 g/mol. The zero-order valence-corrected chi connectivity index (χ0v) is 14.6. The highest BCUT2D eigenvalue weighted by Crippen LogP contribution is 2.31. The van der Waals surface area contributed by atoms with Gasteiger partial charge in [-0.1, -0.05) is 53.5 Å². The Bertz CT molecular complexity index is 876. The Hall–Kier alpha value is -1.75. The van der Waals surface area contributed by atoms with Crippen molar-refractivity contribution in [2.45, 2.75) is 6.54 Å². The maximum atomic E-state index is 12.3. The fourth-order valence-electron chi connectivity index (χ4n) is 2.45. The first-order chi connectivity index (χ1) is 11.1. The molecular weight excluding hydrogens is 353 g/mol. The van der Waals surface area contributed by atoms with E-state index in [1.165, 1.54) is 11.3 Å². The summed E-state index contributed by atoms with van der Waals surface area (Å²) in [5, 5.41) is 5.02. The van der Waals surface area contributed by atoms with Gasteiger partial charge in [0.1, 0.15) is 10.1 Å². The minimum absolute atomic E-state index is 0.256. The molecule has 1 N–H and O–H groups in total. The average molecular weight is 366 g/mol. The summed E-state index contributed by atoms with van der Waals surface area (Å²) in [4.78, 5) is 12.3. The Morgan fingerprint density at radius 2 is 2.00 bits per heavy atom. The summed E-state index contributed by atoms with van der Waals surface area (Å²) >= 11 is 13.1. The second-order valence-corrected chi connectivity index (χ2v) is 7.17. The van der Waals surface area contributed by atoms with E-state index in [4.69, 9.17) is 27.9 Å². The van der Waals surface area contributed by atoms with Crippen LogP contribution in [0.1, 0.15) is 15.9 Å². The molecule has 0 aliphatic carbocycles. The Balaban J connectivity index is 1.89. The van der Waals surface area contributed by atoms with E-state index in [-0.39, 0.29) is 5.91 Å². The number of ether oxygens (including phenoxy) is 1. The zero-order valence-electron chi connectivity index (χ0n) is 12.2. The quantitative estimate of drug-likeness (QED) is 0.694. The molecule has 1 aromatic heterocycles. The second-order valence-electron chi connectivity index (χ2n) is 4.89. The lowest BCUT2D eigenvalue weighted by Crippen LogP contribution is -2.23. The number of rotatable bonds is 4. The number of nitrogens with one attached hydrogen (secondary N) is 1. The fraction of sp³-hybridized carbons (Fsp3) is 0.118. The van der Waals surface area contributed by atoms with E-state index >= 15 is 0 Å². The SMILES string of the molecule is COc1ccc2ccccc2c1CNC(=O)c1cc(Cl)sc1Cl. The summed E-state index contributed by atoms with van der Waals surface area (Å²) in [7, 11) is 1.62. The van der Waals surface area contributed by atoms with Crippen LogP contribution in [0.5, 0.6) is 5.75 Å². The number of carbonyl (C=O) groups is 1. The average Bonchev–Trinajstić information content (AvgIpc) is 2.90. The van der Waals surface area contributed by atoms with Gasteiger partial charge in [0.05, 0.1) is 17.0 Å². The molecule has 23 heavy (non-hydrogen) atoms. The number of fused-ring (bicyclic) bond motifs is 1. The highest BCUT2D eigenvalue weighted by molar-refractivity contribution is 7.20. The molecule has 118 valence electrons. The van der Waals surface area contributed by atoms with Crippen molar-refractivity contribution in [3.63, 3.8) is 0 Å². The first kappa shape index (κ1) is 16.1. The van der Waals surface area contributed by atoms with Crippen molar-refractivity contribution < 1.29 is 9.53 Å². The Morgan fingerprint density at radius 3 is 2.70 bits per heavy atom. The Labute approximate surface area is 147 Å². The van der Waals surface area contributed by atoms with Crippen molar-refractivity contribution in [1.29, 1.82) is 0 Å². The number of amides is 1. The number of carbonyl (C=O) groups excluding carboxylic acids is 1. The van der Waals surface area contributed by atoms with Crippen LogP contribution in [0.4, 0.5) is 0 Å². The highest BCUT2D eigenvalue weighted by atomic mass is 35.5. The van der Waals surface area contributed by atoms with Gasteiger partial charge in [-0.2, -0.15) is 0 Å². The molecule has 3 aromatic rings. The molecule has 0 atom stereocenters. The molecule has 2 aromatic carbocycles. The summed E-state index contributed by atoms with van der Waals surface area (Å²) in [5.74, 6) is 0.478. The van der Waals surface area contributed by atoms with Gasteiger partial charge in [-0.15, -0.1) is 11.3 Å². The third-order valence-electron chi connectivity index (χ3n) is 3.54. The van der Waals surface area contributed by atoms with Crippen LogP contribution in [-0.2, 0) is 6.54 Å². The van der Waals surface area contributed by atoms with Crippen LogP contribution >= 0.6 is 34.5 Å². The summed E-state index contributed by atoms with van der Waals surface area (Å²) in [6.07, 6.45) is 0. The van der Waals surface area contributed by atoms with Gasteiger partial charge < -0.3 is 10.1 Å². The molecule has 0 spiro atoms. The van der Waals surface area contributed by atoms with Crippen LogP contribution in [0.3, 0.4) is 0 Å². The predicted octanol–water partition coefficient (Wildman–Crippen LogP) is 5.15. The van der Waals surface area contributed by atoms with Gasteiger partial charge in [0.25, 0.3) is 5.91 Å². The molecule has 1 heterocycles. The molecule has 0 saturated heterocycles. The van der Waals surface area contributed by atoms with Gasteiger partial charge in [-0.25, -0.2) is 0 Å². The van der Waals surface area contributed by atoms with Gasteiger partial charge in [0.15, 0.2) is 0 Å². The minimum Gasteiger partial charge on any atom is -0.496 e. The predicted molar refractivity (Wildman–Crippen MR) is 96.0 cm³/mol. The summed E-state index contributed by atoms with van der Waals surface area (Å²) in [6, 6.07) is 13.4. The molecule has 0 unspecified atom stereocenters. The van der Waals surface area contributed by atoms with E-state index in [9.17, 15) is 4.79 Å². The van der Waals surface area contributed by atoms with Crippen molar-refractivity contribution in [1.82, 2.24) is 5.32 Å². The molecule has 1 amide bonds. The largest absolute Gasteiger partial charge is 0.496 e. The number of hydrogen-bond acceptors (Lipinski definition) is 3. The standard InChI is InChI=1S/C17H13Cl2NO2S/c1-22-14-7-6-10-4-2-3-5-11(10)13(14)9-20-17(21)12-8-15(18)23-16(12)19/h2-8H,9H2,1H3,(H,20,21). The molecule has 0 aliphatic heterocycles. The van der Waals surface area contributed by atoms with E-state index in [2.05, 4.69) is 5.32 Å². The smallest absolute Gasteiger partial charge is 0.253 e. The van der Waals surface area contributed by atoms with Crippen LogP contribution in [0, 0.1) is 0 Å². The van der Waals surface area contributed by atoms with E-state index < -0.39 is 0 Å². The summed E-state index contributed by atoms with van der Waals surface area (Å²) < 4.78 is 6.30. The topological polar surface area (TPSA) is 38.3 Å². The number of hydrogen-bond donors (Lipinski definition) is 1. The van der Waals surface area contributed by atoms with Crippen LogP contribution in [0.25, 0.3) is 10.8 Å². The fourth-order valence-corrected chi connectivity index (χ4v) is 3.91. The second kappa shape index (κ2) is 6.79. The lowest BCUT2D eigenvalue weighted by Gasteiger charge is -2.13. The van der Waals surface area contributed by atoms with E-state index in [1.807, 2.05) is 36.4 Å². The molecule has 6 heteroatoms. The number of thiophene rings is 1. The first-order valence-corrected chi connectivity index (χ1v) is 8.45. The minimum atomic E-state index is -0.256.